The first-order valence-electron chi connectivity index (χ1n) is 4.70. The van der Waals surface area contributed by atoms with Crippen molar-refractivity contribution < 1.29 is 4.74 Å². The molecule has 1 aromatic rings. The number of ether oxygens (including phenoxy) is 1. The van der Waals surface area contributed by atoms with Gasteiger partial charge in [0, 0.05) is 0 Å². The van der Waals surface area contributed by atoms with Crippen LogP contribution in [0.5, 0.6) is 5.75 Å². The zero-order valence-electron chi connectivity index (χ0n) is 8.29. The molecule has 0 saturated heterocycles. The van der Waals surface area contributed by atoms with Crippen molar-refractivity contribution in [1.82, 2.24) is 0 Å². The maximum atomic E-state index is 5.57. The maximum Gasteiger partial charge on any atom is 0.119 e. The number of benzene rings is 1. The summed E-state index contributed by atoms with van der Waals surface area (Å²) in [4.78, 5) is 0. The molecule has 2 nitrogen and oxygen atoms in total. The van der Waals surface area contributed by atoms with Crippen LogP contribution in [0.15, 0.2) is 24.3 Å². The summed E-state index contributed by atoms with van der Waals surface area (Å²) in [6, 6.07) is 8.13. The van der Waals surface area contributed by atoms with Crippen molar-refractivity contribution in [2.75, 3.05) is 13.2 Å². The number of nitrogens with two attached hydrogens (primary N) is 1. The summed E-state index contributed by atoms with van der Waals surface area (Å²) >= 11 is 0. The van der Waals surface area contributed by atoms with Crippen molar-refractivity contribution in [1.29, 1.82) is 0 Å². The summed E-state index contributed by atoms with van der Waals surface area (Å²) in [5.41, 5.74) is 6.84. The predicted molar refractivity (Wildman–Crippen MR) is 55.1 cm³/mol. The van der Waals surface area contributed by atoms with Crippen LogP contribution >= 0.6 is 0 Å². The van der Waals surface area contributed by atoms with Gasteiger partial charge in [0.15, 0.2) is 0 Å². The minimum atomic E-state index is 0.427. The van der Waals surface area contributed by atoms with Crippen LogP contribution < -0.4 is 10.5 Å². The fourth-order valence-corrected chi connectivity index (χ4v) is 1.20. The van der Waals surface area contributed by atoms with E-state index in [1.165, 1.54) is 5.56 Å². The highest BCUT2D eigenvalue weighted by molar-refractivity contribution is 5.29. The molecule has 0 spiro atoms. The molecule has 0 amide bonds. The van der Waals surface area contributed by atoms with Gasteiger partial charge in [-0.1, -0.05) is 19.1 Å². The summed E-state index contributed by atoms with van der Waals surface area (Å²) in [6.45, 7) is 5.51. The lowest BCUT2D eigenvalue weighted by Gasteiger charge is -2.09. The third-order valence-corrected chi connectivity index (χ3v) is 2.11. The fourth-order valence-electron chi connectivity index (χ4n) is 1.20. The van der Waals surface area contributed by atoms with Gasteiger partial charge < -0.3 is 10.5 Å². The molecule has 2 heteroatoms. The summed E-state index contributed by atoms with van der Waals surface area (Å²) in [5.74, 6) is 1.35. The Morgan fingerprint density at radius 1 is 1.31 bits per heavy atom. The van der Waals surface area contributed by atoms with Gasteiger partial charge in [-0.05, 0) is 37.1 Å². The summed E-state index contributed by atoms with van der Waals surface area (Å²) < 4.78 is 5.34. The van der Waals surface area contributed by atoms with Crippen molar-refractivity contribution in [2.24, 2.45) is 5.73 Å². The Labute approximate surface area is 79.7 Å². The minimum Gasteiger partial charge on any atom is -0.494 e. The van der Waals surface area contributed by atoms with Crippen LogP contribution in [-0.2, 0) is 0 Å². The normalized spacial score (nSPS) is 12.5. The highest BCUT2D eigenvalue weighted by Crippen LogP contribution is 2.18. The Morgan fingerprint density at radius 2 is 1.92 bits per heavy atom. The van der Waals surface area contributed by atoms with E-state index < -0.39 is 0 Å². The van der Waals surface area contributed by atoms with E-state index in [-0.39, 0.29) is 0 Å². The fraction of sp³-hybridized carbons (Fsp3) is 0.455. The van der Waals surface area contributed by atoms with Crippen molar-refractivity contribution in [3.8, 4) is 5.75 Å². The van der Waals surface area contributed by atoms with E-state index in [1.54, 1.807) is 0 Å². The maximum absolute atomic E-state index is 5.57. The predicted octanol–water partition coefficient (Wildman–Crippen LogP) is 2.15. The topological polar surface area (TPSA) is 35.2 Å². The van der Waals surface area contributed by atoms with Gasteiger partial charge in [0.1, 0.15) is 5.75 Å². The third kappa shape index (κ3) is 2.74. The second kappa shape index (κ2) is 4.87. The molecule has 0 heterocycles. The molecule has 13 heavy (non-hydrogen) atoms. The van der Waals surface area contributed by atoms with Gasteiger partial charge in [-0.15, -0.1) is 0 Å². The Morgan fingerprint density at radius 3 is 2.38 bits per heavy atom. The van der Waals surface area contributed by atoms with Gasteiger partial charge in [0.05, 0.1) is 6.61 Å². The average molecular weight is 179 g/mol. The van der Waals surface area contributed by atoms with E-state index >= 15 is 0 Å². The van der Waals surface area contributed by atoms with E-state index in [0.29, 0.717) is 19.1 Å². The Hall–Kier alpha value is -1.02. The monoisotopic (exact) mass is 179 g/mol. The lowest BCUT2D eigenvalue weighted by molar-refractivity contribution is 0.340. The van der Waals surface area contributed by atoms with Crippen LogP contribution in [0.3, 0.4) is 0 Å². The molecule has 1 atom stereocenters. The SMILES string of the molecule is CCOc1ccc([C@H](C)CN)cc1. The molecule has 0 unspecified atom stereocenters. The van der Waals surface area contributed by atoms with E-state index in [2.05, 4.69) is 19.1 Å². The summed E-state index contributed by atoms with van der Waals surface area (Å²) in [5, 5.41) is 0. The molecule has 0 aliphatic heterocycles. The van der Waals surface area contributed by atoms with Gasteiger partial charge in [-0.2, -0.15) is 0 Å². The Bertz CT molecular complexity index is 243. The van der Waals surface area contributed by atoms with Crippen LogP contribution in [-0.4, -0.2) is 13.2 Å². The second-order valence-electron chi connectivity index (χ2n) is 3.14. The van der Waals surface area contributed by atoms with E-state index in [9.17, 15) is 0 Å². The van der Waals surface area contributed by atoms with Gasteiger partial charge in [0.2, 0.25) is 0 Å². The van der Waals surface area contributed by atoms with Gasteiger partial charge in [-0.3, -0.25) is 0 Å². The molecule has 0 aliphatic rings. The molecule has 0 aromatic heterocycles. The van der Waals surface area contributed by atoms with Crippen LogP contribution in [0.25, 0.3) is 0 Å². The van der Waals surface area contributed by atoms with Crippen LogP contribution in [0.1, 0.15) is 25.3 Å². The average Bonchev–Trinajstić information content (AvgIpc) is 2.18. The molecule has 72 valence electrons. The molecule has 0 fully saturated rings. The zero-order chi connectivity index (χ0) is 9.68. The zero-order valence-corrected chi connectivity index (χ0v) is 8.29. The first kappa shape index (κ1) is 10.1. The molecule has 1 rings (SSSR count). The lowest BCUT2D eigenvalue weighted by atomic mass is 10.0. The molecule has 0 aliphatic carbocycles. The molecule has 0 saturated carbocycles. The molecule has 2 N–H and O–H groups in total. The highest BCUT2D eigenvalue weighted by atomic mass is 16.5. The molecular formula is C11H17NO. The molecule has 0 radical (unpaired) electrons. The minimum absolute atomic E-state index is 0.427. The largest absolute Gasteiger partial charge is 0.494 e. The van der Waals surface area contributed by atoms with Crippen LogP contribution in [0, 0.1) is 0 Å². The second-order valence-corrected chi connectivity index (χ2v) is 3.14. The van der Waals surface area contributed by atoms with E-state index in [4.69, 9.17) is 10.5 Å². The molecule has 0 bridgehead atoms. The van der Waals surface area contributed by atoms with E-state index in [0.717, 1.165) is 5.75 Å². The van der Waals surface area contributed by atoms with Crippen molar-refractivity contribution in [3.05, 3.63) is 29.8 Å². The van der Waals surface area contributed by atoms with Crippen molar-refractivity contribution in [2.45, 2.75) is 19.8 Å². The van der Waals surface area contributed by atoms with E-state index in [1.807, 2.05) is 19.1 Å². The summed E-state index contributed by atoms with van der Waals surface area (Å²) in [7, 11) is 0. The van der Waals surface area contributed by atoms with Gasteiger partial charge in [-0.25, -0.2) is 0 Å². The first-order valence-corrected chi connectivity index (χ1v) is 4.70. The van der Waals surface area contributed by atoms with Crippen LogP contribution in [0.4, 0.5) is 0 Å². The molecule has 1 aromatic carbocycles. The first-order chi connectivity index (χ1) is 6.27. The Balaban J connectivity index is 2.69. The number of hydrogen-bond acceptors (Lipinski definition) is 2. The number of rotatable bonds is 4. The van der Waals surface area contributed by atoms with Crippen LogP contribution in [0.2, 0.25) is 0 Å². The third-order valence-electron chi connectivity index (χ3n) is 2.11. The van der Waals surface area contributed by atoms with Gasteiger partial charge >= 0.3 is 0 Å². The van der Waals surface area contributed by atoms with Gasteiger partial charge in [0.25, 0.3) is 0 Å². The standard InChI is InChI=1S/C11H17NO/c1-3-13-11-6-4-10(5-7-11)9(2)8-12/h4-7,9H,3,8,12H2,1-2H3/t9-/m1/s1. The smallest absolute Gasteiger partial charge is 0.119 e. The van der Waals surface area contributed by atoms with Crippen molar-refractivity contribution >= 4 is 0 Å². The van der Waals surface area contributed by atoms with Crippen molar-refractivity contribution in [3.63, 3.8) is 0 Å². The summed E-state index contributed by atoms with van der Waals surface area (Å²) in [6.07, 6.45) is 0. The Kier molecular flexibility index (Phi) is 3.77. The highest BCUT2D eigenvalue weighted by Gasteiger charge is 2.02. The lowest BCUT2D eigenvalue weighted by Crippen LogP contribution is -2.08. The quantitative estimate of drug-likeness (QED) is 0.768. The number of hydrogen-bond donors (Lipinski definition) is 1. The molecular weight excluding hydrogens is 162 g/mol.